The standard InChI is InChI=1S/C7H10BN3O2/c9-5-13-8-11-7-2-1-6(4-12)3-10-7/h1-4,8H,5,9H2,(H,10,11). The highest BCUT2D eigenvalue weighted by Gasteiger charge is 1.94. The minimum atomic E-state index is 0.166. The first-order valence-corrected chi connectivity index (χ1v) is 3.79. The highest BCUT2D eigenvalue weighted by atomic mass is 16.4. The topological polar surface area (TPSA) is 77.2 Å². The number of hydrogen-bond donors (Lipinski definition) is 2. The molecule has 0 spiro atoms. The Morgan fingerprint density at radius 1 is 1.69 bits per heavy atom. The van der Waals surface area contributed by atoms with E-state index in [0.29, 0.717) is 19.0 Å². The Hall–Kier alpha value is -1.40. The molecule has 0 aliphatic carbocycles. The third kappa shape index (κ3) is 3.22. The second-order valence-corrected chi connectivity index (χ2v) is 2.29. The first-order chi connectivity index (χ1) is 6.36. The van der Waals surface area contributed by atoms with Gasteiger partial charge in [0.05, 0.1) is 6.73 Å². The Morgan fingerprint density at radius 3 is 3.08 bits per heavy atom. The third-order valence-corrected chi connectivity index (χ3v) is 1.40. The van der Waals surface area contributed by atoms with Crippen LogP contribution in [0.4, 0.5) is 5.82 Å². The smallest absolute Gasteiger partial charge is 0.396 e. The number of hydrogen-bond acceptors (Lipinski definition) is 5. The molecule has 0 saturated heterocycles. The third-order valence-electron chi connectivity index (χ3n) is 1.40. The van der Waals surface area contributed by atoms with Gasteiger partial charge in [0.25, 0.3) is 0 Å². The number of aldehydes is 1. The van der Waals surface area contributed by atoms with E-state index in [1.54, 1.807) is 12.1 Å². The van der Waals surface area contributed by atoms with Crippen LogP contribution in [-0.4, -0.2) is 25.6 Å². The van der Waals surface area contributed by atoms with E-state index < -0.39 is 0 Å². The Labute approximate surface area is 76.6 Å². The maximum absolute atomic E-state index is 10.3. The number of anilines is 1. The van der Waals surface area contributed by atoms with Crippen LogP contribution >= 0.6 is 0 Å². The Balaban J connectivity index is 2.44. The minimum absolute atomic E-state index is 0.166. The molecule has 0 radical (unpaired) electrons. The fourth-order valence-corrected chi connectivity index (χ4v) is 0.763. The van der Waals surface area contributed by atoms with Gasteiger partial charge in [0.2, 0.25) is 0 Å². The lowest BCUT2D eigenvalue weighted by atomic mass is 10.2. The Kier molecular flexibility index (Phi) is 3.94. The second-order valence-electron chi connectivity index (χ2n) is 2.29. The van der Waals surface area contributed by atoms with Crippen molar-refractivity contribution in [1.82, 2.24) is 4.98 Å². The van der Waals surface area contributed by atoms with Gasteiger partial charge >= 0.3 is 7.62 Å². The van der Waals surface area contributed by atoms with Gasteiger partial charge in [-0.05, 0) is 12.1 Å². The van der Waals surface area contributed by atoms with Crippen molar-refractivity contribution >= 4 is 19.7 Å². The molecule has 0 aromatic carbocycles. The molecule has 0 amide bonds. The molecular formula is C7H10BN3O2. The first kappa shape index (κ1) is 9.69. The molecule has 6 heteroatoms. The first-order valence-electron chi connectivity index (χ1n) is 3.79. The molecule has 0 aliphatic rings. The number of nitrogens with zero attached hydrogens (tertiary/aromatic N) is 1. The van der Waals surface area contributed by atoms with Crippen molar-refractivity contribution in [2.75, 3.05) is 12.0 Å². The zero-order valence-corrected chi connectivity index (χ0v) is 7.06. The average molecular weight is 179 g/mol. The van der Waals surface area contributed by atoms with Crippen LogP contribution in [-0.2, 0) is 4.65 Å². The summed E-state index contributed by atoms with van der Waals surface area (Å²) in [7, 11) is 0.309. The quantitative estimate of drug-likeness (QED) is 0.276. The molecule has 0 atom stereocenters. The monoisotopic (exact) mass is 179 g/mol. The van der Waals surface area contributed by atoms with Crippen molar-refractivity contribution in [3.05, 3.63) is 23.9 Å². The fourth-order valence-electron chi connectivity index (χ4n) is 0.763. The van der Waals surface area contributed by atoms with Crippen LogP contribution in [0, 0.1) is 0 Å². The summed E-state index contributed by atoms with van der Waals surface area (Å²) in [5.74, 6) is 0.652. The van der Waals surface area contributed by atoms with Crippen LogP contribution in [0.3, 0.4) is 0 Å². The number of carbonyl (C=O) groups excluding carboxylic acids is 1. The second kappa shape index (κ2) is 5.29. The van der Waals surface area contributed by atoms with Gasteiger partial charge in [0, 0.05) is 11.8 Å². The van der Waals surface area contributed by atoms with Crippen molar-refractivity contribution in [3.63, 3.8) is 0 Å². The average Bonchev–Trinajstić information content (AvgIpc) is 2.19. The number of nitrogens with two attached hydrogens (primary N) is 1. The molecule has 0 fully saturated rings. The lowest BCUT2D eigenvalue weighted by molar-refractivity contribution is 0.112. The predicted octanol–water partition coefficient (Wildman–Crippen LogP) is -0.495. The van der Waals surface area contributed by atoms with E-state index in [1.165, 1.54) is 6.20 Å². The van der Waals surface area contributed by atoms with E-state index in [9.17, 15) is 4.79 Å². The van der Waals surface area contributed by atoms with Gasteiger partial charge in [-0.2, -0.15) is 0 Å². The molecule has 13 heavy (non-hydrogen) atoms. The van der Waals surface area contributed by atoms with E-state index in [-0.39, 0.29) is 6.73 Å². The molecular weight excluding hydrogens is 169 g/mol. The van der Waals surface area contributed by atoms with Crippen LogP contribution in [0.5, 0.6) is 0 Å². The molecule has 0 bridgehead atoms. The van der Waals surface area contributed by atoms with Crippen LogP contribution < -0.4 is 11.0 Å². The predicted molar refractivity (Wildman–Crippen MR) is 50.5 cm³/mol. The molecule has 5 nitrogen and oxygen atoms in total. The van der Waals surface area contributed by atoms with E-state index >= 15 is 0 Å². The highest BCUT2D eigenvalue weighted by molar-refractivity contribution is 6.32. The largest absolute Gasteiger partial charge is 0.407 e. The summed E-state index contributed by atoms with van der Waals surface area (Å²) >= 11 is 0. The van der Waals surface area contributed by atoms with Gasteiger partial charge < -0.3 is 15.6 Å². The maximum Gasteiger partial charge on any atom is 0.396 e. The number of carbonyl (C=O) groups is 1. The molecule has 68 valence electrons. The van der Waals surface area contributed by atoms with Crippen molar-refractivity contribution in [1.29, 1.82) is 0 Å². The van der Waals surface area contributed by atoms with Crippen LogP contribution in [0.2, 0.25) is 0 Å². The Bertz CT molecular complexity index is 265. The molecule has 0 unspecified atom stereocenters. The SMILES string of the molecule is NCOBNc1ccc(C=O)cn1. The molecule has 0 saturated carbocycles. The van der Waals surface area contributed by atoms with Crippen LogP contribution in [0.25, 0.3) is 0 Å². The number of rotatable bonds is 5. The summed E-state index contributed by atoms with van der Waals surface area (Å²) in [6.45, 7) is 0.166. The minimum Gasteiger partial charge on any atom is -0.407 e. The van der Waals surface area contributed by atoms with Crippen molar-refractivity contribution < 1.29 is 9.45 Å². The zero-order chi connectivity index (χ0) is 9.52. The summed E-state index contributed by atoms with van der Waals surface area (Å²) in [5, 5.41) is 2.87. The lowest BCUT2D eigenvalue weighted by Crippen LogP contribution is -2.16. The van der Waals surface area contributed by atoms with Gasteiger partial charge in [0.1, 0.15) is 5.82 Å². The summed E-state index contributed by atoms with van der Waals surface area (Å²) in [5.41, 5.74) is 5.66. The van der Waals surface area contributed by atoms with Gasteiger partial charge in [0.15, 0.2) is 6.29 Å². The maximum atomic E-state index is 10.3. The van der Waals surface area contributed by atoms with Crippen molar-refractivity contribution in [2.24, 2.45) is 5.73 Å². The normalized spacial score (nSPS) is 9.31. The summed E-state index contributed by atoms with van der Waals surface area (Å²) < 4.78 is 4.85. The zero-order valence-electron chi connectivity index (χ0n) is 7.06. The highest BCUT2D eigenvalue weighted by Crippen LogP contribution is 2.01. The molecule has 1 aromatic rings. The number of aromatic nitrogens is 1. The van der Waals surface area contributed by atoms with E-state index in [4.69, 9.17) is 10.4 Å². The summed E-state index contributed by atoms with van der Waals surface area (Å²) in [4.78, 5) is 14.2. The molecule has 3 N–H and O–H groups in total. The van der Waals surface area contributed by atoms with Crippen molar-refractivity contribution in [3.8, 4) is 0 Å². The van der Waals surface area contributed by atoms with Gasteiger partial charge in [-0.3, -0.25) is 4.79 Å². The van der Waals surface area contributed by atoms with Gasteiger partial charge in [-0.25, -0.2) is 4.98 Å². The lowest BCUT2D eigenvalue weighted by Gasteiger charge is -2.02. The molecule has 1 aromatic heterocycles. The summed E-state index contributed by atoms with van der Waals surface area (Å²) in [6.07, 6.45) is 2.23. The van der Waals surface area contributed by atoms with Gasteiger partial charge in [-0.1, -0.05) is 0 Å². The fraction of sp³-hybridized carbons (Fsp3) is 0.143. The Morgan fingerprint density at radius 2 is 2.54 bits per heavy atom. The number of pyridine rings is 1. The van der Waals surface area contributed by atoms with E-state index in [0.717, 1.165) is 6.29 Å². The molecule has 0 aliphatic heterocycles. The van der Waals surface area contributed by atoms with Crippen LogP contribution in [0.1, 0.15) is 10.4 Å². The van der Waals surface area contributed by atoms with Gasteiger partial charge in [-0.15, -0.1) is 0 Å². The molecule has 1 heterocycles. The molecule has 1 rings (SSSR count). The van der Waals surface area contributed by atoms with E-state index in [1.807, 2.05) is 0 Å². The van der Waals surface area contributed by atoms with Crippen LogP contribution in [0.15, 0.2) is 18.3 Å². The number of nitrogens with one attached hydrogen (secondary N) is 1. The van der Waals surface area contributed by atoms with E-state index in [2.05, 4.69) is 10.2 Å². The summed E-state index contributed by atoms with van der Waals surface area (Å²) in [6, 6.07) is 3.37. The van der Waals surface area contributed by atoms with Crippen molar-refractivity contribution in [2.45, 2.75) is 0 Å².